The third-order valence-corrected chi connectivity index (χ3v) is 6.48. The smallest absolute Gasteiger partial charge is 0.245 e. The number of hydrogen-bond acceptors (Lipinski definition) is 3. The average molecular weight is 372 g/mol. The van der Waals surface area contributed by atoms with Gasteiger partial charge in [-0.15, -0.1) is 0 Å². The van der Waals surface area contributed by atoms with Crippen LogP contribution in [0.15, 0.2) is 21.5 Å². The SMILES string of the molecule is NCC1CCCN1S(=O)(=O)c1c(Cl)cc(F)cc1Br. The van der Waals surface area contributed by atoms with Crippen molar-refractivity contribution in [2.24, 2.45) is 5.73 Å². The maximum atomic E-state index is 13.2. The molecule has 0 saturated carbocycles. The van der Waals surface area contributed by atoms with E-state index in [2.05, 4.69) is 15.9 Å². The van der Waals surface area contributed by atoms with E-state index in [4.69, 9.17) is 17.3 Å². The zero-order valence-electron chi connectivity index (χ0n) is 9.94. The van der Waals surface area contributed by atoms with Gasteiger partial charge < -0.3 is 5.73 Å². The zero-order valence-corrected chi connectivity index (χ0v) is 13.1. The normalized spacial score (nSPS) is 20.9. The van der Waals surface area contributed by atoms with Crippen molar-refractivity contribution in [1.29, 1.82) is 0 Å². The van der Waals surface area contributed by atoms with Crippen molar-refractivity contribution in [1.82, 2.24) is 4.31 Å². The van der Waals surface area contributed by atoms with Gasteiger partial charge in [-0.05, 0) is 40.9 Å². The summed E-state index contributed by atoms with van der Waals surface area (Å²) in [6.07, 6.45) is 1.49. The van der Waals surface area contributed by atoms with Crippen molar-refractivity contribution in [2.45, 2.75) is 23.8 Å². The molecule has 1 unspecified atom stereocenters. The van der Waals surface area contributed by atoms with Gasteiger partial charge in [-0.25, -0.2) is 12.8 Å². The molecule has 0 aromatic heterocycles. The summed E-state index contributed by atoms with van der Waals surface area (Å²) in [6, 6.07) is 1.86. The molecular formula is C11H13BrClFN2O2S. The highest BCUT2D eigenvalue weighted by atomic mass is 79.9. The molecule has 0 bridgehead atoms. The van der Waals surface area contributed by atoms with Gasteiger partial charge in [0, 0.05) is 23.6 Å². The highest BCUT2D eigenvalue weighted by Gasteiger charge is 2.36. The number of rotatable bonds is 3. The third-order valence-electron chi connectivity index (χ3n) is 3.12. The number of halogens is 3. The van der Waals surface area contributed by atoms with Crippen LogP contribution in [0.3, 0.4) is 0 Å². The molecular weight excluding hydrogens is 359 g/mol. The summed E-state index contributed by atoms with van der Waals surface area (Å²) in [6.45, 7) is 0.667. The molecule has 1 saturated heterocycles. The molecule has 8 heteroatoms. The third kappa shape index (κ3) is 2.80. The number of nitrogens with two attached hydrogens (primary N) is 1. The van der Waals surface area contributed by atoms with Crippen molar-refractivity contribution in [3.05, 3.63) is 27.4 Å². The minimum absolute atomic E-state index is 0.101. The summed E-state index contributed by atoms with van der Waals surface area (Å²) in [5, 5.41) is -0.130. The first kappa shape index (κ1) is 15.2. The second-order valence-electron chi connectivity index (χ2n) is 4.35. The molecule has 1 aromatic rings. The molecule has 1 heterocycles. The number of benzene rings is 1. The van der Waals surface area contributed by atoms with Gasteiger partial charge in [-0.3, -0.25) is 0 Å². The van der Waals surface area contributed by atoms with Crippen molar-refractivity contribution < 1.29 is 12.8 Å². The summed E-state index contributed by atoms with van der Waals surface area (Å²) in [4.78, 5) is -0.101. The Morgan fingerprint density at radius 1 is 1.53 bits per heavy atom. The van der Waals surface area contributed by atoms with Gasteiger partial charge in [-0.1, -0.05) is 11.6 Å². The number of hydrogen-bond donors (Lipinski definition) is 1. The Morgan fingerprint density at radius 2 is 2.21 bits per heavy atom. The van der Waals surface area contributed by atoms with E-state index >= 15 is 0 Å². The maximum absolute atomic E-state index is 13.2. The quantitative estimate of drug-likeness (QED) is 0.887. The van der Waals surface area contributed by atoms with Crippen LogP contribution < -0.4 is 5.73 Å². The van der Waals surface area contributed by atoms with E-state index in [0.717, 1.165) is 25.0 Å². The second kappa shape index (κ2) is 5.65. The highest BCUT2D eigenvalue weighted by molar-refractivity contribution is 9.10. The Kier molecular flexibility index (Phi) is 4.52. The lowest BCUT2D eigenvalue weighted by atomic mass is 10.2. The van der Waals surface area contributed by atoms with E-state index < -0.39 is 15.8 Å². The fourth-order valence-corrected chi connectivity index (χ4v) is 5.71. The minimum Gasteiger partial charge on any atom is -0.329 e. The molecule has 1 aliphatic rings. The molecule has 0 amide bonds. The van der Waals surface area contributed by atoms with Crippen LogP contribution in [0.25, 0.3) is 0 Å². The van der Waals surface area contributed by atoms with Gasteiger partial charge in [0.05, 0.1) is 5.02 Å². The lowest BCUT2D eigenvalue weighted by Crippen LogP contribution is -2.40. The molecule has 106 valence electrons. The summed E-state index contributed by atoms with van der Waals surface area (Å²) in [7, 11) is -3.77. The Balaban J connectivity index is 2.51. The van der Waals surface area contributed by atoms with E-state index in [1.54, 1.807) is 0 Å². The standard InChI is InChI=1S/C11H13BrClFN2O2S/c12-9-4-7(14)5-10(13)11(9)19(17,18)16-3-1-2-8(16)6-15/h4-5,8H,1-3,6,15H2. The molecule has 1 aliphatic heterocycles. The van der Waals surface area contributed by atoms with E-state index in [-0.39, 0.29) is 27.0 Å². The predicted molar refractivity (Wildman–Crippen MR) is 75.1 cm³/mol. The van der Waals surface area contributed by atoms with E-state index in [1.807, 2.05) is 0 Å². The van der Waals surface area contributed by atoms with Gasteiger partial charge in [-0.2, -0.15) is 4.31 Å². The van der Waals surface area contributed by atoms with Gasteiger partial charge in [0.15, 0.2) is 0 Å². The van der Waals surface area contributed by atoms with Crippen molar-refractivity contribution in [3.8, 4) is 0 Å². The topological polar surface area (TPSA) is 63.4 Å². The summed E-state index contributed by atoms with van der Waals surface area (Å²) in [5.41, 5.74) is 5.59. The van der Waals surface area contributed by atoms with Crippen LogP contribution in [0.1, 0.15) is 12.8 Å². The first-order valence-electron chi connectivity index (χ1n) is 5.74. The first-order chi connectivity index (χ1) is 8.87. The fraction of sp³-hybridized carbons (Fsp3) is 0.455. The maximum Gasteiger partial charge on any atom is 0.245 e. The monoisotopic (exact) mass is 370 g/mol. The lowest BCUT2D eigenvalue weighted by Gasteiger charge is -2.24. The van der Waals surface area contributed by atoms with E-state index in [0.29, 0.717) is 6.54 Å². The summed E-state index contributed by atoms with van der Waals surface area (Å²) < 4.78 is 39.8. The molecule has 2 N–H and O–H groups in total. The van der Waals surface area contributed by atoms with E-state index in [1.165, 1.54) is 4.31 Å². The lowest BCUT2D eigenvalue weighted by molar-refractivity contribution is 0.393. The van der Waals surface area contributed by atoms with Gasteiger partial charge >= 0.3 is 0 Å². The Labute approximate surface area is 124 Å². The zero-order chi connectivity index (χ0) is 14.2. The number of sulfonamides is 1. The molecule has 19 heavy (non-hydrogen) atoms. The van der Waals surface area contributed by atoms with Crippen LogP contribution in [-0.4, -0.2) is 31.9 Å². The van der Waals surface area contributed by atoms with Crippen LogP contribution in [0, 0.1) is 5.82 Å². The van der Waals surface area contributed by atoms with Crippen molar-refractivity contribution >= 4 is 37.6 Å². The van der Waals surface area contributed by atoms with Gasteiger partial charge in [0.2, 0.25) is 10.0 Å². The minimum atomic E-state index is -3.77. The van der Waals surface area contributed by atoms with Gasteiger partial charge in [0.1, 0.15) is 10.7 Å². The second-order valence-corrected chi connectivity index (χ2v) is 7.44. The Morgan fingerprint density at radius 3 is 2.79 bits per heavy atom. The first-order valence-corrected chi connectivity index (χ1v) is 8.35. The molecule has 0 spiro atoms. The van der Waals surface area contributed by atoms with Crippen molar-refractivity contribution in [3.63, 3.8) is 0 Å². The summed E-state index contributed by atoms with van der Waals surface area (Å²) >= 11 is 8.94. The molecule has 1 aromatic carbocycles. The average Bonchev–Trinajstić information content (AvgIpc) is 2.75. The fourth-order valence-electron chi connectivity index (χ4n) is 2.25. The molecule has 1 atom stereocenters. The van der Waals surface area contributed by atoms with Crippen LogP contribution >= 0.6 is 27.5 Å². The summed E-state index contributed by atoms with van der Waals surface area (Å²) in [5.74, 6) is -0.590. The molecule has 2 rings (SSSR count). The highest BCUT2D eigenvalue weighted by Crippen LogP contribution is 2.35. The molecule has 1 fully saturated rings. The number of nitrogens with zero attached hydrogens (tertiary/aromatic N) is 1. The van der Waals surface area contributed by atoms with Gasteiger partial charge in [0.25, 0.3) is 0 Å². The molecule has 0 radical (unpaired) electrons. The van der Waals surface area contributed by atoms with Crippen molar-refractivity contribution in [2.75, 3.05) is 13.1 Å². The predicted octanol–water partition coefficient (Wildman–Crippen LogP) is 2.35. The van der Waals surface area contributed by atoms with E-state index in [9.17, 15) is 12.8 Å². The van der Waals surface area contributed by atoms with Crippen LogP contribution in [-0.2, 0) is 10.0 Å². The van der Waals surface area contributed by atoms with Crippen LogP contribution in [0.2, 0.25) is 5.02 Å². The molecule has 0 aliphatic carbocycles. The largest absolute Gasteiger partial charge is 0.329 e. The van der Waals surface area contributed by atoms with Crippen LogP contribution in [0.4, 0.5) is 4.39 Å². The van der Waals surface area contributed by atoms with Crippen LogP contribution in [0.5, 0.6) is 0 Å². The Bertz CT molecular complexity index is 573. The molecule has 4 nitrogen and oxygen atoms in total. The Hall–Kier alpha value is -0.210.